The first-order chi connectivity index (χ1) is 8.97. The van der Waals surface area contributed by atoms with Crippen molar-refractivity contribution in [3.63, 3.8) is 0 Å². The van der Waals surface area contributed by atoms with E-state index in [0.29, 0.717) is 0 Å². The van der Waals surface area contributed by atoms with Gasteiger partial charge in [0.1, 0.15) is 11.9 Å². The van der Waals surface area contributed by atoms with Crippen LogP contribution in [0.15, 0.2) is 24.5 Å². The van der Waals surface area contributed by atoms with E-state index in [4.69, 9.17) is 4.74 Å². The average molecular weight is 262 g/mol. The summed E-state index contributed by atoms with van der Waals surface area (Å²) in [6.07, 6.45) is 5.42. The van der Waals surface area contributed by atoms with Crippen molar-refractivity contribution in [3.8, 4) is 5.75 Å². The number of carbonyl (C=O) groups is 1. The summed E-state index contributed by atoms with van der Waals surface area (Å²) < 4.78 is 5.87. The Labute approximate surface area is 114 Å². The van der Waals surface area contributed by atoms with Crippen LogP contribution in [0, 0.1) is 5.41 Å². The normalized spacial score (nSPS) is 17.3. The lowest BCUT2D eigenvalue weighted by molar-refractivity contribution is -0.141. The van der Waals surface area contributed by atoms with Crippen molar-refractivity contribution in [3.05, 3.63) is 24.5 Å². The largest absolute Gasteiger partial charge is 0.489 e. The van der Waals surface area contributed by atoms with Crippen molar-refractivity contribution in [1.82, 2.24) is 9.88 Å². The molecule has 104 valence electrons. The van der Waals surface area contributed by atoms with Crippen LogP contribution in [0.3, 0.4) is 0 Å². The van der Waals surface area contributed by atoms with E-state index >= 15 is 0 Å². The topological polar surface area (TPSA) is 42.4 Å². The lowest BCUT2D eigenvalue weighted by Gasteiger charge is -2.35. The van der Waals surface area contributed by atoms with E-state index < -0.39 is 0 Å². The van der Waals surface area contributed by atoms with Gasteiger partial charge in [0, 0.05) is 37.5 Å². The van der Waals surface area contributed by atoms with E-state index in [1.165, 1.54) is 0 Å². The molecule has 2 heterocycles. The van der Waals surface area contributed by atoms with Crippen molar-refractivity contribution in [2.75, 3.05) is 13.1 Å². The lowest BCUT2D eigenvalue weighted by Crippen LogP contribution is -2.46. The van der Waals surface area contributed by atoms with Gasteiger partial charge in [-0.25, -0.2) is 0 Å². The maximum absolute atomic E-state index is 12.2. The molecule has 1 fully saturated rings. The van der Waals surface area contributed by atoms with E-state index in [1.54, 1.807) is 12.4 Å². The molecule has 0 atom stereocenters. The van der Waals surface area contributed by atoms with Gasteiger partial charge in [0.2, 0.25) is 5.91 Å². The summed E-state index contributed by atoms with van der Waals surface area (Å²) in [7, 11) is 0. The third kappa shape index (κ3) is 3.69. The molecular weight excluding hydrogens is 240 g/mol. The quantitative estimate of drug-likeness (QED) is 0.822. The first-order valence-electron chi connectivity index (χ1n) is 6.83. The molecule has 0 unspecified atom stereocenters. The number of likely N-dealkylation sites (tertiary alicyclic amines) is 1. The van der Waals surface area contributed by atoms with Crippen molar-refractivity contribution in [1.29, 1.82) is 0 Å². The molecule has 1 aromatic heterocycles. The monoisotopic (exact) mass is 262 g/mol. The molecule has 2 rings (SSSR count). The van der Waals surface area contributed by atoms with Gasteiger partial charge >= 0.3 is 0 Å². The number of carbonyl (C=O) groups excluding carboxylic acids is 1. The fraction of sp³-hybridized carbons (Fsp3) is 0.600. The smallest absolute Gasteiger partial charge is 0.227 e. The Morgan fingerprint density at radius 3 is 2.58 bits per heavy atom. The summed E-state index contributed by atoms with van der Waals surface area (Å²) in [6, 6.07) is 3.78. The lowest BCUT2D eigenvalue weighted by atomic mass is 9.93. The highest BCUT2D eigenvalue weighted by Crippen LogP contribution is 2.23. The zero-order valence-electron chi connectivity index (χ0n) is 11.9. The Morgan fingerprint density at radius 2 is 2.05 bits per heavy atom. The molecule has 1 aromatic rings. The molecule has 0 aliphatic carbocycles. The van der Waals surface area contributed by atoms with Crippen LogP contribution in [0.2, 0.25) is 0 Å². The molecular formula is C15H22N2O2. The number of piperidine rings is 1. The minimum atomic E-state index is -0.295. The first-order valence-corrected chi connectivity index (χ1v) is 6.83. The van der Waals surface area contributed by atoms with Gasteiger partial charge < -0.3 is 9.64 Å². The number of hydrogen-bond donors (Lipinski definition) is 0. The molecule has 0 radical (unpaired) electrons. The third-order valence-corrected chi connectivity index (χ3v) is 3.31. The number of rotatable bonds is 2. The maximum atomic E-state index is 12.2. The molecule has 0 spiro atoms. The SMILES string of the molecule is CC(C)(C)C(=O)N1CCC(Oc2cccnc2)CC1. The summed E-state index contributed by atoms with van der Waals surface area (Å²) in [5.41, 5.74) is -0.295. The number of nitrogens with zero attached hydrogens (tertiary/aromatic N) is 2. The number of pyridine rings is 1. The number of aromatic nitrogens is 1. The summed E-state index contributed by atoms with van der Waals surface area (Å²) in [5, 5.41) is 0. The molecule has 0 aromatic carbocycles. The van der Waals surface area contributed by atoms with Gasteiger partial charge in [-0.15, -0.1) is 0 Å². The van der Waals surface area contributed by atoms with E-state index in [0.717, 1.165) is 31.7 Å². The molecule has 19 heavy (non-hydrogen) atoms. The van der Waals surface area contributed by atoms with Crippen LogP contribution < -0.4 is 4.74 Å². The van der Waals surface area contributed by atoms with Gasteiger partial charge in [0.15, 0.2) is 0 Å². The molecule has 4 nitrogen and oxygen atoms in total. The van der Waals surface area contributed by atoms with Crippen LogP contribution in [0.25, 0.3) is 0 Å². The minimum Gasteiger partial charge on any atom is -0.489 e. The number of amides is 1. The molecule has 1 saturated heterocycles. The molecule has 1 aliphatic rings. The maximum Gasteiger partial charge on any atom is 0.227 e. The van der Waals surface area contributed by atoms with Crippen LogP contribution in [0.1, 0.15) is 33.6 Å². The highest BCUT2D eigenvalue weighted by molar-refractivity contribution is 5.81. The summed E-state index contributed by atoms with van der Waals surface area (Å²) >= 11 is 0. The Kier molecular flexibility index (Phi) is 4.08. The van der Waals surface area contributed by atoms with Gasteiger partial charge in [0.05, 0.1) is 6.20 Å². The van der Waals surface area contributed by atoms with Crippen LogP contribution in [-0.2, 0) is 4.79 Å². The summed E-state index contributed by atoms with van der Waals surface area (Å²) in [5.74, 6) is 1.04. The minimum absolute atomic E-state index is 0.188. The standard InChI is InChI=1S/C15H22N2O2/c1-15(2,3)14(18)17-9-6-12(7-10-17)19-13-5-4-8-16-11-13/h4-5,8,11-12H,6-7,9-10H2,1-3H3. The second-order valence-corrected chi connectivity index (χ2v) is 6.05. The second-order valence-electron chi connectivity index (χ2n) is 6.05. The highest BCUT2D eigenvalue weighted by Gasteiger charge is 2.30. The number of hydrogen-bond acceptors (Lipinski definition) is 3. The number of ether oxygens (including phenoxy) is 1. The molecule has 4 heteroatoms. The molecule has 1 aliphatic heterocycles. The van der Waals surface area contributed by atoms with Gasteiger partial charge in [0.25, 0.3) is 0 Å². The van der Waals surface area contributed by atoms with Crippen molar-refractivity contribution < 1.29 is 9.53 Å². The first kappa shape index (κ1) is 13.8. The summed E-state index contributed by atoms with van der Waals surface area (Å²) in [6.45, 7) is 7.46. The third-order valence-electron chi connectivity index (χ3n) is 3.31. The average Bonchev–Trinajstić information content (AvgIpc) is 2.39. The second kappa shape index (κ2) is 5.59. The Morgan fingerprint density at radius 1 is 1.37 bits per heavy atom. The van der Waals surface area contributed by atoms with Gasteiger partial charge in [-0.3, -0.25) is 9.78 Å². The van der Waals surface area contributed by atoms with Crippen molar-refractivity contribution in [2.24, 2.45) is 5.41 Å². The molecule has 0 bridgehead atoms. The molecule has 0 N–H and O–H groups in total. The van der Waals surface area contributed by atoms with E-state index in [-0.39, 0.29) is 17.4 Å². The Balaban J connectivity index is 1.85. The van der Waals surface area contributed by atoms with Crippen LogP contribution in [-0.4, -0.2) is 35.0 Å². The van der Waals surface area contributed by atoms with E-state index in [9.17, 15) is 4.79 Å². The van der Waals surface area contributed by atoms with Gasteiger partial charge in [-0.05, 0) is 12.1 Å². The van der Waals surface area contributed by atoms with E-state index in [2.05, 4.69) is 4.98 Å². The Bertz CT molecular complexity index is 418. The molecule has 0 saturated carbocycles. The molecule has 1 amide bonds. The van der Waals surface area contributed by atoms with Crippen molar-refractivity contribution in [2.45, 2.75) is 39.7 Å². The van der Waals surface area contributed by atoms with Crippen LogP contribution in [0.5, 0.6) is 5.75 Å². The van der Waals surface area contributed by atoms with Crippen molar-refractivity contribution >= 4 is 5.91 Å². The van der Waals surface area contributed by atoms with Crippen LogP contribution >= 0.6 is 0 Å². The van der Waals surface area contributed by atoms with Gasteiger partial charge in [-0.1, -0.05) is 20.8 Å². The Hall–Kier alpha value is -1.58. The fourth-order valence-electron chi connectivity index (χ4n) is 2.26. The van der Waals surface area contributed by atoms with Crippen LogP contribution in [0.4, 0.5) is 0 Å². The van der Waals surface area contributed by atoms with Gasteiger partial charge in [-0.2, -0.15) is 0 Å². The highest BCUT2D eigenvalue weighted by atomic mass is 16.5. The summed E-state index contributed by atoms with van der Waals surface area (Å²) in [4.78, 5) is 18.1. The van der Waals surface area contributed by atoms with E-state index in [1.807, 2.05) is 37.8 Å². The zero-order valence-corrected chi connectivity index (χ0v) is 11.9. The predicted octanol–water partition coefficient (Wildman–Crippen LogP) is 2.50. The fourth-order valence-corrected chi connectivity index (χ4v) is 2.26. The predicted molar refractivity (Wildman–Crippen MR) is 73.9 cm³/mol. The zero-order chi connectivity index (χ0) is 13.9.